The summed E-state index contributed by atoms with van der Waals surface area (Å²) >= 11 is 4.99. The van der Waals surface area contributed by atoms with Crippen LogP contribution in [0.3, 0.4) is 0 Å². The van der Waals surface area contributed by atoms with E-state index in [4.69, 9.17) is 0 Å². The van der Waals surface area contributed by atoms with Crippen molar-refractivity contribution in [3.63, 3.8) is 0 Å². The monoisotopic (exact) mass is 320 g/mol. The summed E-state index contributed by atoms with van der Waals surface area (Å²) in [7, 11) is 0. The molecule has 0 aliphatic carbocycles. The zero-order chi connectivity index (χ0) is 12.5. The van der Waals surface area contributed by atoms with Gasteiger partial charge in [0.15, 0.2) is 5.78 Å². The number of aromatic nitrogens is 2. The van der Waals surface area contributed by atoms with Crippen LogP contribution >= 0.6 is 27.3 Å². The van der Waals surface area contributed by atoms with Gasteiger partial charge in [0.1, 0.15) is 0 Å². The van der Waals surface area contributed by atoms with Crippen LogP contribution in [-0.2, 0) is 6.42 Å². The topological polar surface area (TPSA) is 34.4 Å². The average molecular weight is 321 g/mol. The lowest BCUT2D eigenvalue weighted by atomic mass is 10.1. The van der Waals surface area contributed by atoms with Crippen LogP contribution in [0.5, 0.6) is 0 Å². The van der Waals surface area contributed by atoms with E-state index in [0.717, 1.165) is 14.2 Å². The van der Waals surface area contributed by atoms with E-state index in [1.807, 2.05) is 36.5 Å². The lowest BCUT2D eigenvalue weighted by Gasteiger charge is -1.97. The number of ketones is 1. The van der Waals surface area contributed by atoms with Crippen molar-refractivity contribution in [1.82, 2.24) is 9.61 Å². The molecule has 3 aromatic rings. The Morgan fingerprint density at radius 2 is 2.22 bits per heavy atom. The molecule has 0 unspecified atom stereocenters. The standard InChI is InChI=1S/C13H9BrN2OS/c14-13-5-4-9(18-13)7-12(17)10-8-15-16-6-2-1-3-11(10)16/h1-6,8H,7H2. The Morgan fingerprint density at radius 1 is 1.33 bits per heavy atom. The highest BCUT2D eigenvalue weighted by atomic mass is 79.9. The van der Waals surface area contributed by atoms with E-state index >= 15 is 0 Å². The summed E-state index contributed by atoms with van der Waals surface area (Å²) in [5.74, 6) is 0.102. The van der Waals surface area contributed by atoms with Crippen LogP contribution in [0.15, 0.2) is 46.5 Å². The van der Waals surface area contributed by atoms with Crippen molar-refractivity contribution in [2.75, 3.05) is 0 Å². The Labute approximate surface area is 116 Å². The first-order valence-corrected chi connectivity index (χ1v) is 7.05. The Hall–Kier alpha value is -1.46. The highest BCUT2D eigenvalue weighted by Crippen LogP contribution is 2.24. The van der Waals surface area contributed by atoms with Crippen LogP contribution in [0.2, 0.25) is 0 Å². The molecule has 0 spiro atoms. The molecular weight excluding hydrogens is 312 g/mol. The molecule has 0 amide bonds. The second-order valence-electron chi connectivity index (χ2n) is 3.89. The van der Waals surface area contributed by atoms with E-state index in [2.05, 4.69) is 21.0 Å². The van der Waals surface area contributed by atoms with Gasteiger partial charge in [0.2, 0.25) is 0 Å². The summed E-state index contributed by atoms with van der Waals surface area (Å²) in [5, 5.41) is 4.18. The van der Waals surface area contributed by atoms with Crippen molar-refractivity contribution >= 4 is 38.6 Å². The van der Waals surface area contributed by atoms with Gasteiger partial charge in [-0.2, -0.15) is 5.10 Å². The lowest BCUT2D eigenvalue weighted by molar-refractivity contribution is 0.0995. The predicted octanol–water partition coefficient (Wildman–Crippen LogP) is 3.58. The van der Waals surface area contributed by atoms with Crippen molar-refractivity contribution in [3.8, 4) is 0 Å². The minimum absolute atomic E-state index is 0.102. The van der Waals surface area contributed by atoms with Crippen LogP contribution in [0.1, 0.15) is 15.2 Å². The molecule has 0 aliphatic heterocycles. The summed E-state index contributed by atoms with van der Waals surface area (Å²) < 4.78 is 2.77. The predicted molar refractivity (Wildman–Crippen MR) is 75.2 cm³/mol. The summed E-state index contributed by atoms with van der Waals surface area (Å²) in [6, 6.07) is 9.65. The van der Waals surface area contributed by atoms with Crippen LogP contribution < -0.4 is 0 Å². The number of Topliss-reactive ketones (excluding diaryl/α,β-unsaturated/α-hetero) is 1. The number of thiophene rings is 1. The molecule has 0 saturated carbocycles. The Bertz CT molecular complexity index is 716. The van der Waals surface area contributed by atoms with Gasteiger partial charge in [-0.1, -0.05) is 6.07 Å². The van der Waals surface area contributed by atoms with Gasteiger partial charge >= 0.3 is 0 Å². The van der Waals surface area contributed by atoms with Crippen LogP contribution in [0.4, 0.5) is 0 Å². The van der Waals surface area contributed by atoms with Crippen molar-refractivity contribution in [3.05, 3.63) is 57.0 Å². The first-order chi connectivity index (χ1) is 8.74. The number of hydrogen-bond donors (Lipinski definition) is 0. The van der Waals surface area contributed by atoms with Gasteiger partial charge < -0.3 is 0 Å². The molecule has 3 nitrogen and oxygen atoms in total. The lowest BCUT2D eigenvalue weighted by Crippen LogP contribution is -2.01. The zero-order valence-corrected chi connectivity index (χ0v) is 11.7. The fourth-order valence-corrected chi connectivity index (χ4v) is 3.33. The summed E-state index contributed by atoms with van der Waals surface area (Å²) in [6.45, 7) is 0. The fraction of sp³-hybridized carbons (Fsp3) is 0.0769. The highest BCUT2D eigenvalue weighted by Gasteiger charge is 2.13. The van der Waals surface area contributed by atoms with E-state index < -0.39 is 0 Å². The van der Waals surface area contributed by atoms with E-state index in [9.17, 15) is 4.79 Å². The Kier molecular flexibility index (Phi) is 3.01. The maximum absolute atomic E-state index is 12.2. The molecule has 0 aliphatic rings. The summed E-state index contributed by atoms with van der Waals surface area (Å²) in [6.07, 6.45) is 3.90. The minimum atomic E-state index is 0.102. The number of rotatable bonds is 3. The van der Waals surface area contributed by atoms with E-state index in [1.54, 1.807) is 22.0 Å². The third-order valence-corrected chi connectivity index (χ3v) is 4.31. The molecular formula is C13H9BrN2OS. The van der Waals surface area contributed by atoms with Gasteiger partial charge in [0.05, 0.1) is 21.1 Å². The number of carbonyl (C=O) groups excluding carboxylic acids is 1. The van der Waals surface area contributed by atoms with E-state index in [1.165, 1.54) is 0 Å². The molecule has 3 aromatic heterocycles. The molecule has 0 fully saturated rings. The SMILES string of the molecule is O=C(Cc1ccc(Br)s1)c1cnn2ccccc12. The molecule has 0 N–H and O–H groups in total. The van der Waals surface area contributed by atoms with Gasteiger partial charge in [-0.15, -0.1) is 11.3 Å². The van der Waals surface area contributed by atoms with Crippen LogP contribution in [0.25, 0.3) is 5.52 Å². The second-order valence-corrected chi connectivity index (χ2v) is 6.44. The third kappa shape index (κ3) is 2.11. The zero-order valence-electron chi connectivity index (χ0n) is 9.34. The number of halogens is 1. The largest absolute Gasteiger partial charge is 0.294 e. The molecule has 5 heteroatoms. The van der Waals surface area contributed by atoms with Crippen molar-refractivity contribution in [1.29, 1.82) is 0 Å². The number of pyridine rings is 1. The molecule has 3 heterocycles. The Balaban J connectivity index is 1.92. The van der Waals surface area contributed by atoms with Crippen molar-refractivity contribution < 1.29 is 4.79 Å². The maximum atomic E-state index is 12.2. The van der Waals surface area contributed by atoms with Gasteiger partial charge in [-0.3, -0.25) is 4.79 Å². The van der Waals surface area contributed by atoms with Gasteiger partial charge in [-0.25, -0.2) is 4.52 Å². The molecule has 0 aromatic carbocycles. The smallest absolute Gasteiger partial charge is 0.171 e. The number of carbonyl (C=O) groups is 1. The van der Waals surface area contributed by atoms with Crippen LogP contribution in [-0.4, -0.2) is 15.4 Å². The van der Waals surface area contributed by atoms with E-state index in [-0.39, 0.29) is 5.78 Å². The van der Waals surface area contributed by atoms with Crippen molar-refractivity contribution in [2.45, 2.75) is 6.42 Å². The molecule has 0 saturated heterocycles. The number of nitrogens with zero attached hydrogens (tertiary/aromatic N) is 2. The van der Waals surface area contributed by atoms with Crippen molar-refractivity contribution in [2.24, 2.45) is 0 Å². The molecule has 90 valence electrons. The molecule has 0 atom stereocenters. The summed E-state index contributed by atoms with van der Waals surface area (Å²) in [5.41, 5.74) is 1.54. The van der Waals surface area contributed by atoms with E-state index in [0.29, 0.717) is 12.0 Å². The third-order valence-electron chi connectivity index (χ3n) is 2.69. The average Bonchev–Trinajstić information content (AvgIpc) is 2.95. The quantitative estimate of drug-likeness (QED) is 0.691. The van der Waals surface area contributed by atoms with Gasteiger partial charge in [0, 0.05) is 17.5 Å². The molecule has 0 bridgehead atoms. The first kappa shape index (κ1) is 11.6. The maximum Gasteiger partial charge on any atom is 0.171 e. The normalized spacial score (nSPS) is 10.9. The fourth-order valence-electron chi connectivity index (χ4n) is 1.85. The Morgan fingerprint density at radius 3 is 3.00 bits per heavy atom. The number of fused-ring (bicyclic) bond motifs is 1. The first-order valence-electron chi connectivity index (χ1n) is 5.44. The number of hydrogen-bond acceptors (Lipinski definition) is 3. The second kappa shape index (κ2) is 4.66. The summed E-state index contributed by atoms with van der Waals surface area (Å²) in [4.78, 5) is 13.3. The minimum Gasteiger partial charge on any atom is -0.294 e. The van der Waals surface area contributed by atoms with Crippen LogP contribution in [0, 0.1) is 0 Å². The van der Waals surface area contributed by atoms with Gasteiger partial charge in [0.25, 0.3) is 0 Å². The molecule has 3 rings (SSSR count). The molecule has 18 heavy (non-hydrogen) atoms. The molecule has 0 radical (unpaired) electrons. The highest BCUT2D eigenvalue weighted by molar-refractivity contribution is 9.11. The van der Waals surface area contributed by atoms with Gasteiger partial charge in [-0.05, 0) is 40.2 Å².